The molecule has 0 heterocycles. The Balaban J connectivity index is 3.25. The van der Waals surface area contributed by atoms with Gasteiger partial charge in [0.1, 0.15) is 12.5 Å². The first-order valence-corrected chi connectivity index (χ1v) is 3.54. The van der Waals surface area contributed by atoms with E-state index in [1.54, 1.807) is 13.0 Å². The van der Waals surface area contributed by atoms with E-state index < -0.39 is 12.5 Å². The van der Waals surface area contributed by atoms with Crippen LogP contribution < -0.4 is 0 Å². The number of rotatable bonds is 1. The lowest BCUT2D eigenvalue weighted by atomic mass is 10.1. The van der Waals surface area contributed by atoms with Crippen molar-refractivity contribution in [1.29, 1.82) is 0 Å². The predicted molar refractivity (Wildman–Crippen MR) is 41.0 cm³/mol. The van der Waals surface area contributed by atoms with E-state index in [2.05, 4.69) is 0 Å². The number of benzene rings is 1. The standard InChI is InChI=1S/C8H7ClF2/c1-5-2-3-6(4-10)8(11)7(5)9/h2-3H,4H2,1H3. The van der Waals surface area contributed by atoms with Gasteiger partial charge in [0, 0.05) is 5.56 Å². The van der Waals surface area contributed by atoms with Crippen molar-refractivity contribution in [3.05, 3.63) is 34.1 Å². The molecule has 0 saturated heterocycles. The average Bonchev–Trinajstić information content (AvgIpc) is 2.01. The lowest BCUT2D eigenvalue weighted by Crippen LogP contribution is -1.89. The van der Waals surface area contributed by atoms with Gasteiger partial charge in [-0.3, -0.25) is 0 Å². The highest BCUT2D eigenvalue weighted by Gasteiger charge is 2.07. The molecule has 0 unspecified atom stereocenters. The van der Waals surface area contributed by atoms with Crippen LogP contribution in [-0.2, 0) is 6.67 Å². The van der Waals surface area contributed by atoms with Gasteiger partial charge in [-0.15, -0.1) is 0 Å². The Morgan fingerprint density at radius 2 is 2.09 bits per heavy atom. The minimum Gasteiger partial charge on any atom is -0.246 e. The van der Waals surface area contributed by atoms with E-state index in [9.17, 15) is 8.78 Å². The Bertz CT molecular complexity index is 271. The van der Waals surface area contributed by atoms with E-state index in [0.29, 0.717) is 5.56 Å². The first-order valence-electron chi connectivity index (χ1n) is 3.16. The van der Waals surface area contributed by atoms with Gasteiger partial charge >= 0.3 is 0 Å². The molecule has 0 aromatic heterocycles. The van der Waals surface area contributed by atoms with Gasteiger partial charge in [-0.1, -0.05) is 23.7 Å². The normalized spacial score (nSPS) is 10.2. The predicted octanol–water partition coefficient (Wildman–Crippen LogP) is 3.26. The summed E-state index contributed by atoms with van der Waals surface area (Å²) in [4.78, 5) is 0. The third kappa shape index (κ3) is 1.51. The van der Waals surface area contributed by atoms with E-state index in [-0.39, 0.29) is 10.6 Å². The Kier molecular flexibility index (Phi) is 2.45. The van der Waals surface area contributed by atoms with Crippen molar-refractivity contribution in [2.24, 2.45) is 0 Å². The van der Waals surface area contributed by atoms with Crippen molar-refractivity contribution in [2.45, 2.75) is 13.6 Å². The Labute approximate surface area is 68.8 Å². The Morgan fingerprint density at radius 3 is 2.64 bits per heavy atom. The van der Waals surface area contributed by atoms with Crippen LogP contribution in [0.5, 0.6) is 0 Å². The summed E-state index contributed by atoms with van der Waals surface area (Å²) >= 11 is 5.52. The van der Waals surface area contributed by atoms with E-state index >= 15 is 0 Å². The van der Waals surface area contributed by atoms with Crippen molar-refractivity contribution < 1.29 is 8.78 Å². The van der Waals surface area contributed by atoms with E-state index in [1.165, 1.54) is 6.07 Å². The Hall–Kier alpha value is -0.630. The molecule has 0 atom stereocenters. The van der Waals surface area contributed by atoms with Crippen LogP contribution in [0.25, 0.3) is 0 Å². The zero-order valence-corrected chi connectivity index (χ0v) is 6.75. The smallest absolute Gasteiger partial charge is 0.147 e. The van der Waals surface area contributed by atoms with Crippen LogP contribution >= 0.6 is 11.6 Å². The molecule has 1 aromatic rings. The molecule has 0 amide bonds. The van der Waals surface area contributed by atoms with Crippen molar-refractivity contribution >= 4 is 11.6 Å². The molecule has 60 valence electrons. The van der Waals surface area contributed by atoms with Gasteiger partial charge in [0.25, 0.3) is 0 Å². The van der Waals surface area contributed by atoms with Crippen molar-refractivity contribution in [3.8, 4) is 0 Å². The summed E-state index contributed by atoms with van der Waals surface area (Å²) in [5.74, 6) is -0.644. The summed E-state index contributed by atoms with van der Waals surface area (Å²) in [6.07, 6.45) is 0. The van der Waals surface area contributed by atoms with Gasteiger partial charge in [-0.05, 0) is 12.5 Å². The fraction of sp³-hybridized carbons (Fsp3) is 0.250. The van der Waals surface area contributed by atoms with Gasteiger partial charge in [-0.25, -0.2) is 8.78 Å². The topological polar surface area (TPSA) is 0 Å². The van der Waals surface area contributed by atoms with Gasteiger partial charge in [0.15, 0.2) is 0 Å². The van der Waals surface area contributed by atoms with E-state index in [4.69, 9.17) is 11.6 Å². The number of halogens is 3. The fourth-order valence-corrected chi connectivity index (χ4v) is 0.974. The van der Waals surface area contributed by atoms with E-state index in [0.717, 1.165) is 0 Å². The third-order valence-corrected chi connectivity index (χ3v) is 1.96. The molecule has 0 N–H and O–H groups in total. The van der Waals surface area contributed by atoms with Crippen LogP contribution in [0, 0.1) is 12.7 Å². The summed E-state index contributed by atoms with van der Waals surface area (Å²) in [6, 6.07) is 3.00. The van der Waals surface area contributed by atoms with Gasteiger partial charge in [0.2, 0.25) is 0 Å². The molecule has 3 heteroatoms. The highest BCUT2D eigenvalue weighted by molar-refractivity contribution is 6.31. The molecule has 0 saturated carbocycles. The summed E-state index contributed by atoms with van der Waals surface area (Å²) in [5.41, 5.74) is 0.641. The largest absolute Gasteiger partial charge is 0.246 e. The van der Waals surface area contributed by atoms with Crippen molar-refractivity contribution in [1.82, 2.24) is 0 Å². The summed E-state index contributed by atoms with van der Waals surface area (Å²) in [7, 11) is 0. The first-order chi connectivity index (χ1) is 5.16. The average molecular weight is 177 g/mol. The van der Waals surface area contributed by atoms with Crippen LogP contribution in [0.1, 0.15) is 11.1 Å². The highest BCUT2D eigenvalue weighted by atomic mass is 35.5. The number of aryl methyl sites for hydroxylation is 1. The number of hydrogen-bond donors (Lipinski definition) is 0. The molecule has 0 aliphatic carbocycles. The van der Waals surface area contributed by atoms with Crippen LogP contribution in [0.2, 0.25) is 5.02 Å². The summed E-state index contributed by atoms with van der Waals surface area (Å²) < 4.78 is 24.9. The van der Waals surface area contributed by atoms with Crippen LogP contribution in [-0.4, -0.2) is 0 Å². The molecule has 0 spiro atoms. The zero-order valence-electron chi connectivity index (χ0n) is 6.00. The Morgan fingerprint density at radius 1 is 1.45 bits per heavy atom. The maximum atomic E-state index is 12.9. The fourth-order valence-electron chi connectivity index (χ4n) is 0.789. The van der Waals surface area contributed by atoms with Gasteiger partial charge in [-0.2, -0.15) is 0 Å². The molecule has 1 rings (SSSR count). The van der Waals surface area contributed by atoms with Gasteiger partial charge in [0.05, 0.1) is 5.02 Å². The SMILES string of the molecule is Cc1ccc(CF)c(F)c1Cl. The van der Waals surface area contributed by atoms with Crippen LogP contribution in [0.4, 0.5) is 8.78 Å². The van der Waals surface area contributed by atoms with Crippen molar-refractivity contribution in [3.63, 3.8) is 0 Å². The monoisotopic (exact) mass is 176 g/mol. The maximum absolute atomic E-state index is 12.9. The van der Waals surface area contributed by atoms with Gasteiger partial charge < -0.3 is 0 Å². The van der Waals surface area contributed by atoms with Crippen LogP contribution in [0.3, 0.4) is 0 Å². The second-order valence-corrected chi connectivity index (χ2v) is 2.68. The molecule has 0 aliphatic rings. The maximum Gasteiger partial charge on any atom is 0.147 e. The quantitative estimate of drug-likeness (QED) is 0.616. The lowest BCUT2D eigenvalue weighted by molar-refractivity contribution is 0.464. The van der Waals surface area contributed by atoms with Crippen LogP contribution in [0.15, 0.2) is 12.1 Å². The summed E-state index contributed by atoms with van der Waals surface area (Å²) in [5, 5.41) is 0.0140. The summed E-state index contributed by atoms with van der Waals surface area (Å²) in [6.45, 7) is 0.860. The number of hydrogen-bond acceptors (Lipinski definition) is 0. The molecule has 0 aliphatic heterocycles. The minimum absolute atomic E-state index is 0.0140. The number of alkyl halides is 1. The molecule has 0 fully saturated rings. The van der Waals surface area contributed by atoms with Crippen molar-refractivity contribution in [2.75, 3.05) is 0 Å². The third-order valence-electron chi connectivity index (χ3n) is 1.50. The molecule has 0 radical (unpaired) electrons. The van der Waals surface area contributed by atoms with E-state index in [1.807, 2.05) is 0 Å². The second kappa shape index (κ2) is 3.18. The molecule has 11 heavy (non-hydrogen) atoms. The highest BCUT2D eigenvalue weighted by Crippen LogP contribution is 2.22. The lowest BCUT2D eigenvalue weighted by Gasteiger charge is -2.01. The zero-order chi connectivity index (χ0) is 8.43. The minimum atomic E-state index is -0.814. The molecule has 0 nitrogen and oxygen atoms in total. The molecule has 0 bridgehead atoms. The molecular weight excluding hydrogens is 170 g/mol. The molecule has 1 aromatic carbocycles. The second-order valence-electron chi connectivity index (χ2n) is 2.30. The first kappa shape index (κ1) is 8.47. The molecular formula is C8H7ClF2.